The summed E-state index contributed by atoms with van der Waals surface area (Å²) in [6.07, 6.45) is 0.325. The average Bonchev–Trinajstić information content (AvgIpc) is 2.39. The van der Waals surface area contributed by atoms with Gasteiger partial charge in [0.05, 0.1) is 12.7 Å². The number of hydrogen-bond donors (Lipinski definition) is 0. The maximum atomic E-state index is 5.25. The van der Waals surface area contributed by atoms with Crippen molar-refractivity contribution in [3.63, 3.8) is 0 Å². The second-order valence-corrected chi connectivity index (χ2v) is 6.05. The number of hydrogen-bond acceptors (Lipinski definition) is 2. The number of ether oxygens (including phenoxy) is 2. The van der Waals surface area contributed by atoms with E-state index in [0.717, 1.165) is 6.61 Å². The van der Waals surface area contributed by atoms with Crippen LogP contribution in [0, 0.1) is 5.92 Å². The van der Waals surface area contributed by atoms with Gasteiger partial charge in [-0.3, -0.25) is 0 Å². The molecular formula is C5H6Br2O2. The van der Waals surface area contributed by atoms with Crippen LogP contribution in [0.25, 0.3) is 0 Å². The lowest BCUT2D eigenvalue weighted by atomic mass is 10.4. The lowest BCUT2D eigenvalue weighted by Crippen LogP contribution is -2.13. The largest absolute Gasteiger partial charge is 0.355 e. The second kappa shape index (κ2) is 1.94. The van der Waals surface area contributed by atoms with Gasteiger partial charge >= 0.3 is 0 Å². The van der Waals surface area contributed by atoms with Crippen molar-refractivity contribution in [3.05, 3.63) is 0 Å². The summed E-state index contributed by atoms with van der Waals surface area (Å²) in [5.41, 5.74) is 0. The lowest BCUT2D eigenvalue weighted by molar-refractivity contribution is -0.103. The van der Waals surface area contributed by atoms with Gasteiger partial charge in [0.2, 0.25) is 0 Å². The normalized spacial score (nSPS) is 46.0. The molecule has 0 N–H and O–H groups in total. The summed E-state index contributed by atoms with van der Waals surface area (Å²) in [7, 11) is 0. The van der Waals surface area contributed by atoms with Crippen LogP contribution in [-0.4, -0.2) is 22.7 Å². The molecule has 0 aromatic rings. The maximum Gasteiger partial charge on any atom is 0.147 e. The highest BCUT2D eigenvalue weighted by Crippen LogP contribution is 2.59. The Morgan fingerprint density at radius 1 is 1.44 bits per heavy atom. The predicted molar refractivity (Wildman–Crippen MR) is 39.8 cm³/mol. The molecule has 0 bridgehead atoms. The molecule has 2 atom stereocenters. The zero-order chi connectivity index (χ0) is 6.48. The minimum absolute atomic E-state index is 0.0243. The molecule has 9 heavy (non-hydrogen) atoms. The van der Waals surface area contributed by atoms with Crippen molar-refractivity contribution in [1.82, 2.24) is 0 Å². The molecule has 1 aliphatic carbocycles. The molecule has 2 rings (SSSR count). The van der Waals surface area contributed by atoms with E-state index in [1.165, 1.54) is 0 Å². The van der Waals surface area contributed by atoms with Crippen molar-refractivity contribution in [2.24, 2.45) is 5.92 Å². The van der Waals surface area contributed by atoms with Crippen LogP contribution in [0.5, 0.6) is 0 Å². The van der Waals surface area contributed by atoms with Gasteiger partial charge in [-0.2, -0.15) is 0 Å². The molecule has 0 amide bonds. The van der Waals surface area contributed by atoms with Crippen molar-refractivity contribution in [1.29, 1.82) is 0 Å². The van der Waals surface area contributed by atoms with Crippen molar-refractivity contribution >= 4 is 31.9 Å². The van der Waals surface area contributed by atoms with Gasteiger partial charge in [-0.15, -0.1) is 0 Å². The van der Waals surface area contributed by atoms with Gasteiger partial charge in [-0.05, 0) is 0 Å². The van der Waals surface area contributed by atoms with E-state index in [4.69, 9.17) is 9.47 Å². The van der Waals surface area contributed by atoms with Crippen molar-refractivity contribution in [2.45, 2.75) is 9.34 Å². The van der Waals surface area contributed by atoms with Crippen LogP contribution in [0.3, 0.4) is 0 Å². The Bertz CT molecular complexity index is 123. The van der Waals surface area contributed by atoms with Crippen LogP contribution in [0.2, 0.25) is 0 Å². The summed E-state index contributed by atoms with van der Waals surface area (Å²) in [4.78, 5) is 0. The molecule has 2 unspecified atom stereocenters. The standard InChI is InChI=1S/C5H6Br2O2/c6-5(7)3-1-8-2-9-4(3)5/h3-4H,1-2H2. The fourth-order valence-electron chi connectivity index (χ4n) is 1.08. The zero-order valence-corrected chi connectivity index (χ0v) is 7.81. The van der Waals surface area contributed by atoms with Crippen LogP contribution in [0.1, 0.15) is 0 Å². The first-order valence-corrected chi connectivity index (χ1v) is 4.38. The molecule has 1 saturated carbocycles. The molecule has 52 valence electrons. The first-order chi connectivity index (χ1) is 4.23. The minimum atomic E-state index is 0.0243. The molecule has 0 radical (unpaired) electrons. The number of halogens is 2. The summed E-state index contributed by atoms with van der Waals surface area (Å²) in [6.45, 7) is 1.25. The van der Waals surface area contributed by atoms with Crippen LogP contribution in [-0.2, 0) is 9.47 Å². The highest BCUT2D eigenvalue weighted by molar-refractivity contribution is 9.25. The molecule has 2 aliphatic rings. The fourth-order valence-corrected chi connectivity index (χ4v) is 2.46. The Kier molecular flexibility index (Phi) is 1.42. The molecule has 2 nitrogen and oxygen atoms in total. The Hall–Kier alpha value is 0.880. The third-order valence-electron chi connectivity index (χ3n) is 1.76. The van der Waals surface area contributed by atoms with Crippen LogP contribution < -0.4 is 0 Å². The third kappa shape index (κ3) is 0.878. The quantitative estimate of drug-likeness (QED) is 0.612. The Morgan fingerprint density at radius 3 is 2.67 bits per heavy atom. The first-order valence-electron chi connectivity index (χ1n) is 2.80. The van der Waals surface area contributed by atoms with Crippen LogP contribution in [0.4, 0.5) is 0 Å². The van der Waals surface area contributed by atoms with Crippen molar-refractivity contribution in [3.8, 4) is 0 Å². The van der Waals surface area contributed by atoms with Gasteiger partial charge < -0.3 is 9.47 Å². The minimum Gasteiger partial charge on any atom is -0.355 e. The third-order valence-corrected chi connectivity index (χ3v) is 3.84. The Labute approximate surface area is 70.1 Å². The maximum absolute atomic E-state index is 5.25. The molecule has 2 fully saturated rings. The Morgan fingerprint density at radius 2 is 2.22 bits per heavy atom. The Balaban J connectivity index is 2.06. The number of fused-ring (bicyclic) bond motifs is 1. The first kappa shape index (κ1) is 6.58. The van der Waals surface area contributed by atoms with E-state index in [2.05, 4.69) is 31.9 Å². The van der Waals surface area contributed by atoms with E-state index in [-0.39, 0.29) is 3.23 Å². The van der Waals surface area contributed by atoms with Gasteiger partial charge in [0, 0.05) is 5.92 Å². The fraction of sp³-hybridized carbons (Fsp3) is 1.00. The van der Waals surface area contributed by atoms with E-state index >= 15 is 0 Å². The number of alkyl halides is 2. The molecule has 4 heteroatoms. The van der Waals surface area contributed by atoms with Gasteiger partial charge in [0.25, 0.3) is 0 Å². The number of rotatable bonds is 0. The van der Waals surface area contributed by atoms with E-state index < -0.39 is 0 Å². The molecular weight excluding hydrogens is 252 g/mol. The summed E-state index contributed by atoms with van der Waals surface area (Å²) in [5, 5.41) is 0. The molecule has 0 aromatic carbocycles. The van der Waals surface area contributed by atoms with Crippen LogP contribution >= 0.6 is 31.9 Å². The predicted octanol–water partition coefficient (Wildman–Crippen LogP) is 1.48. The van der Waals surface area contributed by atoms with Gasteiger partial charge in [0.1, 0.15) is 10.0 Å². The van der Waals surface area contributed by atoms with Crippen molar-refractivity contribution in [2.75, 3.05) is 13.4 Å². The van der Waals surface area contributed by atoms with Gasteiger partial charge in [-0.25, -0.2) is 0 Å². The lowest BCUT2D eigenvalue weighted by Gasteiger charge is -2.08. The zero-order valence-electron chi connectivity index (χ0n) is 4.64. The van der Waals surface area contributed by atoms with Crippen molar-refractivity contribution < 1.29 is 9.47 Å². The highest BCUT2D eigenvalue weighted by Gasteiger charge is 2.64. The molecule has 1 heterocycles. The molecule has 0 aromatic heterocycles. The molecule has 1 saturated heterocycles. The highest BCUT2D eigenvalue weighted by atomic mass is 79.9. The van der Waals surface area contributed by atoms with Gasteiger partial charge in [0.15, 0.2) is 0 Å². The topological polar surface area (TPSA) is 18.5 Å². The summed E-state index contributed by atoms with van der Waals surface area (Å²) in [6, 6.07) is 0. The monoisotopic (exact) mass is 256 g/mol. The van der Waals surface area contributed by atoms with Crippen LogP contribution in [0.15, 0.2) is 0 Å². The summed E-state index contributed by atoms with van der Waals surface area (Å²) in [5.74, 6) is 0.506. The molecule has 1 aliphatic heterocycles. The smallest absolute Gasteiger partial charge is 0.147 e. The van der Waals surface area contributed by atoms with E-state index in [1.54, 1.807) is 0 Å². The molecule has 0 spiro atoms. The van der Waals surface area contributed by atoms with Gasteiger partial charge in [-0.1, -0.05) is 31.9 Å². The second-order valence-electron chi connectivity index (χ2n) is 2.36. The SMILES string of the molecule is BrC1(Br)C2COCOC21. The van der Waals surface area contributed by atoms with E-state index in [9.17, 15) is 0 Å². The summed E-state index contributed by atoms with van der Waals surface area (Å²) >= 11 is 6.98. The van der Waals surface area contributed by atoms with E-state index in [0.29, 0.717) is 18.8 Å². The summed E-state index contributed by atoms with van der Waals surface area (Å²) < 4.78 is 10.4. The average molecular weight is 258 g/mol. The van der Waals surface area contributed by atoms with E-state index in [1.807, 2.05) is 0 Å².